The number of hydrogen-bond donors (Lipinski definition) is 2. The summed E-state index contributed by atoms with van der Waals surface area (Å²) in [5.74, 6) is 2.73. The topological polar surface area (TPSA) is 76.7 Å². The number of nitrogens with two attached hydrogens (primary N) is 1. The summed E-state index contributed by atoms with van der Waals surface area (Å²) in [7, 11) is 0. The van der Waals surface area contributed by atoms with E-state index in [1.54, 1.807) is 17.4 Å². The molecule has 0 saturated heterocycles. The maximum atomic E-state index is 5.80. The molecule has 0 spiro atoms. The minimum atomic E-state index is 0.513. The third-order valence-corrected chi connectivity index (χ3v) is 3.92. The number of aryl methyl sites for hydroxylation is 1. The van der Waals surface area contributed by atoms with Gasteiger partial charge in [0.2, 0.25) is 0 Å². The molecule has 18 heavy (non-hydrogen) atoms. The van der Waals surface area contributed by atoms with Gasteiger partial charge in [-0.15, -0.1) is 11.3 Å². The second-order valence-electron chi connectivity index (χ2n) is 4.53. The van der Waals surface area contributed by atoms with Gasteiger partial charge < -0.3 is 11.1 Å². The van der Waals surface area contributed by atoms with E-state index in [4.69, 9.17) is 5.73 Å². The number of nitrogens with one attached hydrogen (secondary N) is 1. The van der Waals surface area contributed by atoms with Gasteiger partial charge in [-0.1, -0.05) is 0 Å². The fraction of sp³-hybridized carbons (Fsp3) is 0.417. The normalized spacial score (nSPS) is 14.7. The quantitative estimate of drug-likeness (QED) is 0.883. The van der Waals surface area contributed by atoms with Crippen LogP contribution in [0, 0.1) is 6.92 Å². The highest BCUT2D eigenvalue weighted by Gasteiger charge is 2.27. The van der Waals surface area contributed by atoms with Crippen molar-refractivity contribution in [2.75, 3.05) is 11.1 Å². The van der Waals surface area contributed by atoms with Gasteiger partial charge in [-0.05, 0) is 19.8 Å². The lowest BCUT2D eigenvalue weighted by Crippen LogP contribution is -2.06. The Balaban J connectivity index is 1.74. The number of nitrogen functional groups attached to an aromatic ring is 1. The van der Waals surface area contributed by atoms with Crippen molar-refractivity contribution in [3.05, 3.63) is 28.0 Å². The fourth-order valence-electron chi connectivity index (χ4n) is 1.77. The summed E-state index contributed by atoms with van der Waals surface area (Å²) in [5.41, 5.74) is 8.73. The van der Waals surface area contributed by atoms with Crippen LogP contribution in [0.2, 0.25) is 0 Å². The molecule has 3 N–H and O–H groups in total. The molecule has 6 heteroatoms. The second kappa shape index (κ2) is 4.53. The number of anilines is 2. The molecule has 1 aliphatic carbocycles. The molecule has 0 unspecified atom stereocenters. The van der Waals surface area contributed by atoms with E-state index in [0.717, 1.165) is 23.9 Å². The average Bonchev–Trinajstić information content (AvgIpc) is 3.11. The van der Waals surface area contributed by atoms with Crippen molar-refractivity contribution >= 4 is 23.0 Å². The van der Waals surface area contributed by atoms with Gasteiger partial charge in [0.05, 0.1) is 17.7 Å². The van der Waals surface area contributed by atoms with Crippen LogP contribution in [0.3, 0.4) is 0 Å². The standard InChI is InChI=1S/C12H15N5S/c1-7-9(18-6-15-7)5-14-11-4-10(13)16-12(17-11)8-2-3-8/h4,6,8H,2-3,5H2,1H3,(H3,13,14,16,17). The van der Waals surface area contributed by atoms with Gasteiger partial charge in [0.25, 0.3) is 0 Å². The molecule has 2 heterocycles. The van der Waals surface area contributed by atoms with Crippen molar-refractivity contribution in [1.82, 2.24) is 15.0 Å². The minimum absolute atomic E-state index is 0.513. The number of nitrogens with zero attached hydrogens (tertiary/aromatic N) is 3. The Labute approximate surface area is 109 Å². The summed E-state index contributed by atoms with van der Waals surface area (Å²) in [6.07, 6.45) is 2.35. The molecule has 0 radical (unpaired) electrons. The molecule has 0 aliphatic heterocycles. The summed E-state index contributed by atoms with van der Waals surface area (Å²) in [5, 5.41) is 3.29. The van der Waals surface area contributed by atoms with Crippen LogP contribution in [0.25, 0.3) is 0 Å². The van der Waals surface area contributed by atoms with E-state index in [0.29, 0.717) is 11.7 Å². The van der Waals surface area contributed by atoms with Crippen molar-refractivity contribution in [3.63, 3.8) is 0 Å². The van der Waals surface area contributed by atoms with Crippen molar-refractivity contribution < 1.29 is 0 Å². The predicted octanol–water partition coefficient (Wildman–Crippen LogP) is 2.31. The molecule has 0 atom stereocenters. The summed E-state index contributed by atoms with van der Waals surface area (Å²) in [6, 6.07) is 1.78. The largest absolute Gasteiger partial charge is 0.384 e. The lowest BCUT2D eigenvalue weighted by molar-refractivity contribution is 0.926. The van der Waals surface area contributed by atoms with Crippen LogP contribution in [-0.2, 0) is 6.54 Å². The monoisotopic (exact) mass is 261 g/mol. The molecule has 5 nitrogen and oxygen atoms in total. The summed E-state index contributed by atoms with van der Waals surface area (Å²) in [4.78, 5) is 14.2. The summed E-state index contributed by atoms with van der Waals surface area (Å²) >= 11 is 1.65. The van der Waals surface area contributed by atoms with Gasteiger partial charge in [-0.25, -0.2) is 15.0 Å². The van der Waals surface area contributed by atoms with Crippen LogP contribution >= 0.6 is 11.3 Å². The van der Waals surface area contributed by atoms with Gasteiger partial charge in [0.15, 0.2) is 0 Å². The van der Waals surface area contributed by atoms with Gasteiger partial charge in [0, 0.05) is 16.9 Å². The Bertz CT molecular complexity index is 561. The average molecular weight is 261 g/mol. The van der Waals surface area contributed by atoms with E-state index >= 15 is 0 Å². The Morgan fingerprint density at radius 3 is 2.94 bits per heavy atom. The predicted molar refractivity (Wildman–Crippen MR) is 72.6 cm³/mol. The van der Waals surface area contributed by atoms with Crippen LogP contribution in [0.1, 0.15) is 35.2 Å². The third-order valence-electron chi connectivity index (χ3n) is 2.98. The first-order chi connectivity index (χ1) is 8.72. The number of aromatic nitrogens is 3. The first-order valence-corrected chi connectivity index (χ1v) is 6.87. The molecule has 0 amide bonds. The molecule has 94 valence electrons. The van der Waals surface area contributed by atoms with Crippen LogP contribution in [-0.4, -0.2) is 15.0 Å². The SMILES string of the molecule is Cc1ncsc1CNc1cc(N)nc(C2CC2)n1. The summed E-state index contributed by atoms with van der Waals surface area (Å²) < 4.78 is 0. The van der Waals surface area contributed by atoms with Crippen LogP contribution in [0.15, 0.2) is 11.6 Å². The Morgan fingerprint density at radius 2 is 2.28 bits per heavy atom. The Hall–Kier alpha value is -1.69. The zero-order valence-corrected chi connectivity index (χ0v) is 11.0. The van der Waals surface area contributed by atoms with Crippen molar-refractivity contribution in [2.45, 2.75) is 32.2 Å². The van der Waals surface area contributed by atoms with Crippen molar-refractivity contribution in [1.29, 1.82) is 0 Å². The third kappa shape index (κ3) is 2.43. The lowest BCUT2D eigenvalue weighted by Gasteiger charge is -2.07. The maximum absolute atomic E-state index is 5.80. The van der Waals surface area contributed by atoms with Gasteiger partial charge in [-0.2, -0.15) is 0 Å². The second-order valence-corrected chi connectivity index (χ2v) is 5.46. The molecule has 2 aromatic heterocycles. The maximum Gasteiger partial charge on any atom is 0.136 e. The highest BCUT2D eigenvalue weighted by atomic mass is 32.1. The van der Waals surface area contributed by atoms with Gasteiger partial charge >= 0.3 is 0 Å². The van der Waals surface area contributed by atoms with Crippen molar-refractivity contribution in [2.24, 2.45) is 0 Å². The molecule has 1 aliphatic rings. The van der Waals surface area contributed by atoms with Crippen molar-refractivity contribution in [3.8, 4) is 0 Å². The van der Waals surface area contributed by atoms with Gasteiger partial charge in [0.1, 0.15) is 17.5 Å². The minimum Gasteiger partial charge on any atom is -0.384 e. The lowest BCUT2D eigenvalue weighted by atomic mass is 10.3. The zero-order valence-electron chi connectivity index (χ0n) is 10.2. The van der Waals surface area contributed by atoms with E-state index in [9.17, 15) is 0 Å². The molecule has 2 aromatic rings. The molecular formula is C12H15N5S. The molecule has 0 bridgehead atoms. The zero-order chi connectivity index (χ0) is 12.5. The van der Waals surface area contributed by atoms with Crippen LogP contribution in [0.4, 0.5) is 11.6 Å². The molecule has 1 fully saturated rings. The molecule has 3 rings (SSSR count). The highest BCUT2D eigenvalue weighted by molar-refractivity contribution is 7.09. The number of hydrogen-bond acceptors (Lipinski definition) is 6. The van der Waals surface area contributed by atoms with Gasteiger partial charge in [-0.3, -0.25) is 0 Å². The van der Waals surface area contributed by atoms with E-state index in [1.165, 1.54) is 17.7 Å². The molecule has 1 saturated carbocycles. The van der Waals surface area contributed by atoms with E-state index in [2.05, 4.69) is 20.3 Å². The molecule has 0 aromatic carbocycles. The Morgan fingerprint density at radius 1 is 1.44 bits per heavy atom. The number of thiazole rings is 1. The smallest absolute Gasteiger partial charge is 0.136 e. The highest BCUT2D eigenvalue weighted by Crippen LogP contribution is 2.38. The summed E-state index contributed by atoms with van der Waals surface area (Å²) in [6.45, 7) is 2.74. The molecular weight excluding hydrogens is 246 g/mol. The van der Waals surface area contributed by atoms with E-state index in [1.807, 2.05) is 12.4 Å². The van der Waals surface area contributed by atoms with E-state index in [-0.39, 0.29) is 0 Å². The first-order valence-electron chi connectivity index (χ1n) is 5.99. The van der Waals surface area contributed by atoms with Crippen LogP contribution < -0.4 is 11.1 Å². The first kappa shape index (κ1) is 11.4. The van der Waals surface area contributed by atoms with Crippen LogP contribution in [0.5, 0.6) is 0 Å². The fourth-order valence-corrected chi connectivity index (χ4v) is 2.48. The van der Waals surface area contributed by atoms with E-state index < -0.39 is 0 Å². The number of rotatable bonds is 4. The Kier molecular flexibility index (Phi) is 2.87.